The van der Waals surface area contributed by atoms with Gasteiger partial charge in [0.15, 0.2) is 0 Å². The van der Waals surface area contributed by atoms with Crippen molar-refractivity contribution in [2.24, 2.45) is 11.8 Å². The van der Waals surface area contributed by atoms with Crippen LogP contribution in [0.4, 0.5) is 0 Å². The smallest absolute Gasteiger partial charge is 0.230 e. The Bertz CT molecular complexity index is 674. The molecular weight excluding hydrogens is 284 g/mol. The highest BCUT2D eigenvalue weighted by Crippen LogP contribution is 2.52. The van der Waals surface area contributed by atoms with Crippen LogP contribution in [0.15, 0.2) is 36.7 Å². The minimum atomic E-state index is -1.21. The second kappa shape index (κ2) is 4.39. The van der Waals surface area contributed by atoms with Gasteiger partial charge in [-0.2, -0.15) is 0 Å². The summed E-state index contributed by atoms with van der Waals surface area (Å²) in [5.74, 6) is -2.97. The van der Waals surface area contributed by atoms with Crippen molar-refractivity contribution >= 4 is 11.9 Å². The van der Waals surface area contributed by atoms with Crippen LogP contribution in [0.3, 0.4) is 0 Å². The van der Waals surface area contributed by atoms with E-state index >= 15 is 0 Å². The van der Waals surface area contributed by atoms with E-state index in [1.54, 1.807) is 23.4 Å². The van der Waals surface area contributed by atoms with Gasteiger partial charge in [0, 0.05) is 24.3 Å². The number of pyridine rings is 1. The SMILES string of the molecule is C[C@H](c1ccncc1)N1C[C@@]23C=C[C@@H](O2)[C@H](C(=O)[O-])[C@@H]3C1=O. The first-order valence-corrected chi connectivity index (χ1v) is 7.32. The average Bonchev–Trinajstić information content (AvgIpc) is 3.15. The lowest BCUT2D eigenvalue weighted by Gasteiger charge is -2.28. The monoisotopic (exact) mass is 299 g/mol. The first-order valence-electron chi connectivity index (χ1n) is 7.32. The van der Waals surface area contributed by atoms with Crippen LogP contribution in [0.1, 0.15) is 18.5 Å². The predicted octanol–water partition coefficient (Wildman–Crippen LogP) is -0.326. The minimum absolute atomic E-state index is 0.158. The number of hydrogen-bond donors (Lipinski definition) is 0. The number of aromatic nitrogens is 1. The third-order valence-electron chi connectivity index (χ3n) is 5.06. The Balaban J connectivity index is 1.68. The summed E-state index contributed by atoms with van der Waals surface area (Å²) in [6.45, 7) is 2.30. The molecule has 3 aliphatic rings. The summed E-state index contributed by atoms with van der Waals surface area (Å²) >= 11 is 0. The summed E-state index contributed by atoms with van der Waals surface area (Å²) in [5, 5.41) is 11.4. The molecule has 4 rings (SSSR count). The van der Waals surface area contributed by atoms with E-state index < -0.39 is 29.5 Å². The standard InChI is InChI=1S/C16H16N2O4/c1-9(10-3-6-17-7-4-10)18-8-16-5-2-11(22-16)12(15(20)21)13(16)14(18)19/h2-7,9,11-13H,8H2,1H3,(H,20,21)/p-1/t9-,11-,12+,13-,16-/m1/s1. The van der Waals surface area contributed by atoms with Crippen molar-refractivity contribution in [2.45, 2.75) is 24.7 Å². The van der Waals surface area contributed by atoms with Crippen LogP contribution in [0.5, 0.6) is 0 Å². The molecule has 6 nitrogen and oxygen atoms in total. The number of aliphatic carboxylic acids is 1. The van der Waals surface area contributed by atoms with Gasteiger partial charge in [-0.15, -0.1) is 0 Å². The summed E-state index contributed by atoms with van der Waals surface area (Å²) in [5.41, 5.74) is 0.150. The molecule has 1 aromatic rings. The molecule has 114 valence electrons. The van der Waals surface area contributed by atoms with Crippen LogP contribution in [0.25, 0.3) is 0 Å². The van der Waals surface area contributed by atoms with E-state index in [2.05, 4.69) is 4.98 Å². The van der Waals surface area contributed by atoms with Gasteiger partial charge in [0.2, 0.25) is 5.91 Å². The third-order valence-corrected chi connectivity index (χ3v) is 5.06. The number of amides is 1. The average molecular weight is 299 g/mol. The van der Waals surface area contributed by atoms with E-state index in [1.165, 1.54) is 0 Å². The normalized spacial score (nSPS) is 36.7. The molecule has 2 bridgehead atoms. The fourth-order valence-electron chi connectivity index (χ4n) is 3.95. The van der Waals surface area contributed by atoms with Gasteiger partial charge in [0.1, 0.15) is 5.60 Å². The molecule has 0 saturated carbocycles. The zero-order valence-corrected chi connectivity index (χ0v) is 12.0. The molecular formula is C16H15N2O4-. The van der Waals surface area contributed by atoms with Crippen molar-refractivity contribution in [3.05, 3.63) is 42.2 Å². The molecule has 1 amide bonds. The number of fused-ring (bicyclic) bond motifs is 1. The Morgan fingerprint density at radius 1 is 1.50 bits per heavy atom. The van der Waals surface area contributed by atoms with Gasteiger partial charge in [0.25, 0.3) is 0 Å². The highest BCUT2D eigenvalue weighted by molar-refractivity contribution is 5.90. The van der Waals surface area contributed by atoms with Crippen molar-refractivity contribution < 1.29 is 19.4 Å². The Hall–Kier alpha value is -2.21. The fourth-order valence-corrected chi connectivity index (χ4v) is 3.95. The Kier molecular flexibility index (Phi) is 2.69. The summed E-state index contributed by atoms with van der Waals surface area (Å²) in [6.07, 6.45) is 6.40. The zero-order chi connectivity index (χ0) is 15.5. The number of carbonyl (C=O) groups excluding carboxylic acids is 2. The molecule has 0 radical (unpaired) electrons. The van der Waals surface area contributed by atoms with Gasteiger partial charge < -0.3 is 19.5 Å². The van der Waals surface area contributed by atoms with Crippen molar-refractivity contribution in [1.29, 1.82) is 0 Å². The van der Waals surface area contributed by atoms with Gasteiger partial charge in [0.05, 0.1) is 24.6 Å². The lowest BCUT2D eigenvalue weighted by molar-refractivity contribution is -0.313. The second-order valence-corrected chi connectivity index (χ2v) is 6.14. The molecule has 1 spiro atoms. The van der Waals surface area contributed by atoms with Crippen LogP contribution in [-0.4, -0.2) is 40.0 Å². The molecule has 5 atom stereocenters. The topological polar surface area (TPSA) is 82.6 Å². The molecule has 0 unspecified atom stereocenters. The van der Waals surface area contributed by atoms with Crippen LogP contribution in [0, 0.1) is 11.8 Å². The first-order chi connectivity index (χ1) is 10.5. The number of carboxylic acid groups (broad SMARTS) is 1. The quantitative estimate of drug-likeness (QED) is 0.714. The Labute approximate surface area is 127 Å². The lowest BCUT2D eigenvalue weighted by Crippen LogP contribution is -2.45. The van der Waals surface area contributed by atoms with Gasteiger partial charge in [-0.05, 0) is 24.6 Å². The van der Waals surface area contributed by atoms with Crippen LogP contribution in [-0.2, 0) is 14.3 Å². The number of rotatable bonds is 3. The van der Waals surface area contributed by atoms with Gasteiger partial charge >= 0.3 is 0 Å². The maximum absolute atomic E-state index is 12.8. The zero-order valence-electron chi connectivity index (χ0n) is 12.0. The van der Waals surface area contributed by atoms with Crippen molar-refractivity contribution in [1.82, 2.24) is 9.88 Å². The van der Waals surface area contributed by atoms with Crippen LogP contribution >= 0.6 is 0 Å². The van der Waals surface area contributed by atoms with Gasteiger partial charge in [-0.1, -0.05) is 12.2 Å². The number of hydrogen-bond acceptors (Lipinski definition) is 5. The molecule has 2 fully saturated rings. The fraction of sp³-hybridized carbons (Fsp3) is 0.438. The van der Waals surface area contributed by atoms with E-state index in [0.29, 0.717) is 6.54 Å². The number of likely N-dealkylation sites (tertiary alicyclic amines) is 1. The van der Waals surface area contributed by atoms with E-state index in [-0.39, 0.29) is 11.9 Å². The first kappa shape index (κ1) is 13.5. The Morgan fingerprint density at radius 2 is 2.23 bits per heavy atom. The highest BCUT2D eigenvalue weighted by atomic mass is 16.5. The molecule has 0 aromatic carbocycles. The highest BCUT2D eigenvalue weighted by Gasteiger charge is 2.65. The minimum Gasteiger partial charge on any atom is -0.550 e. The summed E-state index contributed by atoms with van der Waals surface area (Å²) in [4.78, 5) is 29.9. The van der Waals surface area contributed by atoms with Crippen molar-refractivity contribution in [3.63, 3.8) is 0 Å². The van der Waals surface area contributed by atoms with E-state index in [0.717, 1.165) is 5.56 Å². The van der Waals surface area contributed by atoms with E-state index in [1.807, 2.05) is 25.1 Å². The van der Waals surface area contributed by atoms with Crippen LogP contribution < -0.4 is 5.11 Å². The maximum atomic E-state index is 12.8. The molecule has 22 heavy (non-hydrogen) atoms. The summed E-state index contributed by atoms with van der Waals surface area (Å²) in [7, 11) is 0. The number of ether oxygens (including phenoxy) is 1. The number of nitrogens with zero attached hydrogens (tertiary/aromatic N) is 2. The maximum Gasteiger partial charge on any atom is 0.230 e. The summed E-state index contributed by atoms with van der Waals surface area (Å²) in [6, 6.07) is 3.55. The predicted molar refractivity (Wildman–Crippen MR) is 73.1 cm³/mol. The molecule has 0 aliphatic carbocycles. The van der Waals surface area contributed by atoms with Crippen molar-refractivity contribution in [3.8, 4) is 0 Å². The number of carbonyl (C=O) groups is 2. The lowest BCUT2D eigenvalue weighted by atomic mass is 9.77. The second-order valence-electron chi connectivity index (χ2n) is 6.14. The number of carboxylic acids is 1. The molecule has 6 heteroatoms. The van der Waals surface area contributed by atoms with Gasteiger partial charge in [-0.25, -0.2) is 0 Å². The largest absolute Gasteiger partial charge is 0.550 e. The van der Waals surface area contributed by atoms with Crippen LogP contribution in [0.2, 0.25) is 0 Å². The molecule has 2 saturated heterocycles. The molecule has 1 aromatic heterocycles. The molecule has 4 heterocycles. The van der Waals surface area contributed by atoms with Gasteiger partial charge in [-0.3, -0.25) is 9.78 Å². The van der Waals surface area contributed by atoms with E-state index in [4.69, 9.17) is 4.74 Å². The van der Waals surface area contributed by atoms with Crippen molar-refractivity contribution in [2.75, 3.05) is 6.54 Å². The Morgan fingerprint density at radius 3 is 2.91 bits per heavy atom. The molecule has 3 aliphatic heterocycles. The summed E-state index contributed by atoms with van der Waals surface area (Å²) < 4.78 is 5.84. The third kappa shape index (κ3) is 1.61. The molecule has 0 N–H and O–H groups in total. The van der Waals surface area contributed by atoms with E-state index in [9.17, 15) is 14.7 Å².